The molecule has 0 spiro atoms. The topological polar surface area (TPSA) is 55.4 Å². The van der Waals surface area contributed by atoms with Crippen molar-refractivity contribution in [2.24, 2.45) is 7.05 Å². The van der Waals surface area contributed by atoms with Crippen molar-refractivity contribution in [3.63, 3.8) is 0 Å². The maximum atomic E-state index is 14.6. The second kappa shape index (κ2) is 6.15. The van der Waals surface area contributed by atoms with Crippen LogP contribution in [0.15, 0.2) is 30.7 Å². The number of rotatable bonds is 2. The first-order valence-corrected chi connectivity index (χ1v) is 8.52. The Morgan fingerprint density at radius 1 is 1.40 bits per heavy atom. The zero-order chi connectivity index (χ0) is 17.6. The standard InChI is InChI=1S/C17H17ClFN5O/c1-22-8-6-20-16(22)11-3-2-7-23(9-11)17(25)14-15(19)24-10-12(18)4-5-13(24)21-14/h4-6,8,10-11H,2-3,7,9H2,1H3/t11-/m0/s1. The molecular formula is C17H17ClFN5O. The molecule has 6 nitrogen and oxygen atoms in total. The van der Waals surface area contributed by atoms with E-state index in [1.165, 1.54) is 10.6 Å². The summed E-state index contributed by atoms with van der Waals surface area (Å²) in [4.78, 5) is 23.0. The molecule has 0 bridgehead atoms. The van der Waals surface area contributed by atoms with Gasteiger partial charge in [-0.2, -0.15) is 4.39 Å². The van der Waals surface area contributed by atoms with Gasteiger partial charge < -0.3 is 9.47 Å². The molecule has 8 heteroatoms. The fourth-order valence-electron chi connectivity index (χ4n) is 3.42. The van der Waals surface area contributed by atoms with E-state index < -0.39 is 11.9 Å². The number of halogens is 2. The third-order valence-electron chi connectivity index (χ3n) is 4.66. The molecule has 0 aliphatic carbocycles. The molecule has 0 saturated carbocycles. The van der Waals surface area contributed by atoms with Crippen molar-refractivity contribution in [3.05, 3.63) is 53.2 Å². The summed E-state index contributed by atoms with van der Waals surface area (Å²) in [5.74, 6) is 0.0184. The molecule has 1 saturated heterocycles. The van der Waals surface area contributed by atoms with Crippen molar-refractivity contribution < 1.29 is 9.18 Å². The summed E-state index contributed by atoms with van der Waals surface area (Å²) in [5, 5.41) is 0.385. The highest BCUT2D eigenvalue weighted by molar-refractivity contribution is 6.30. The van der Waals surface area contributed by atoms with E-state index in [9.17, 15) is 9.18 Å². The molecule has 3 aromatic heterocycles. The van der Waals surface area contributed by atoms with Gasteiger partial charge in [-0.15, -0.1) is 0 Å². The smallest absolute Gasteiger partial charge is 0.277 e. The number of carbonyl (C=O) groups excluding carboxylic acids is 1. The van der Waals surface area contributed by atoms with Crippen molar-refractivity contribution in [3.8, 4) is 0 Å². The first-order chi connectivity index (χ1) is 12.0. The summed E-state index contributed by atoms with van der Waals surface area (Å²) < 4.78 is 17.8. The van der Waals surface area contributed by atoms with E-state index in [-0.39, 0.29) is 11.6 Å². The summed E-state index contributed by atoms with van der Waals surface area (Å²) in [6, 6.07) is 3.21. The minimum absolute atomic E-state index is 0.146. The molecule has 25 heavy (non-hydrogen) atoms. The van der Waals surface area contributed by atoms with Gasteiger partial charge in [-0.25, -0.2) is 9.97 Å². The quantitative estimate of drug-likeness (QED) is 0.705. The number of aromatic nitrogens is 4. The number of carbonyl (C=O) groups is 1. The van der Waals surface area contributed by atoms with Crippen LogP contribution in [0.5, 0.6) is 0 Å². The van der Waals surface area contributed by atoms with E-state index in [4.69, 9.17) is 11.6 Å². The Labute approximate surface area is 148 Å². The summed E-state index contributed by atoms with van der Waals surface area (Å²) in [5.41, 5.74) is 0.200. The molecule has 3 aromatic rings. The van der Waals surface area contributed by atoms with Crippen LogP contribution in [0, 0.1) is 5.95 Å². The number of likely N-dealkylation sites (tertiary alicyclic amines) is 1. The van der Waals surface area contributed by atoms with E-state index >= 15 is 0 Å². The van der Waals surface area contributed by atoms with Gasteiger partial charge in [0.1, 0.15) is 11.5 Å². The minimum atomic E-state index is -0.679. The van der Waals surface area contributed by atoms with Gasteiger partial charge in [-0.3, -0.25) is 9.20 Å². The monoisotopic (exact) mass is 361 g/mol. The SMILES string of the molecule is Cn1ccnc1[C@H]1CCCN(C(=O)c2nc3ccc(Cl)cn3c2F)C1. The second-order valence-electron chi connectivity index (χ2n) is 6.31. The van der Waals surface area contributed by atoms with E-state index in [1.54, 1.807) is 23.2 Å². The van der Waals surface area contributed by atoms with Crippen LogP contribution in [0.4, 0.5) is 4.39 Å². The van der Waals surface area contributed by atoms with Gasteiger partial charge in [-0.1, -0.05) is 11.6 Å². The van der Waals surface area contributed by atoms with Crippen LogP contribution in [0.3, 0.4) is 0 Å². The highest BCUT2D eigenvalue weighted by atomic mass is 35.5. The predicted molar refractivity (Wildman–Crippen MR) is 91.2 cm³/mol. The zero-order valence-electron chi connectivity index (χ0n) is 13.7. The molecule has 1 aliphatic heterocycles. The molecule has 0 N–H and O–H groups in total. The largest absolute Gasteiger partial charge is 0.338 e. The van der Waals surface area contributed by atoms with Gasteiger partial charge in [0.05, 0.1) is 5.02 Å². The lowest BCUT2D eigenvalue weighted by Gasteiger charge is -2.32. The molecule has 0 aromatic carbocycles. The summed E-state index contributed by atoms with van der Waals surface area (Å²) in [6.45, 7) is 1.10. The summed E-state index contributed by atoms with van der Waals surface area (Å²) in [6.07, 6.45) is 6.87. The number of nitrogens with zero attached hydrogens (tertiary/aromatic N) is 5. The molecule has 4 heterocycles. The Bertz CT molecular complexity index is 950. The molecule has 1 amide bonds. The maximum absolute atomic E-state index is 14.6. The Balaban J connectivity index is 1.62. The van der Waals surface area contributed by atoms with Gasteiger partial charge >= 0.3 is 0 Å². The number of pyridine rings is 1. The number of aryl methyl sites for hydroxylation is 1. The molecule has 0 unspecified atom stereocenters. The molecule has 4 rings (SSSR count). The second-order valence-corrected chi connectivity index (χ2v) is 6.75. The highest BCUT2D eigenvalue weighted by Gasteiger charge is 2.30. The minimum Gasteiger partial charge on any atom is -0.338 e. The normalized spacial score (nSPS) is 18.0. The van der Waals surface area contributed by atoms with E-state index in [2.05, 4.69) is 9.97 Å². The summed E-state index contributed by atoms with van der Waals surface area (Å²) >= 11 is 5.90. The molecule has 0 radical (unpaired) electrons. The van der Waals surface area contributed by atoms with E-state index in [1.807, 2.05) is 17.8 Å². The predicted octanol–water partition coefficient (Wildman–Crippen LogP) is 2.88. The average molecular weight is 362 g/mol. The molecule has 130 valence electrons. The molecular weight excluding hydrogens is 345 g/mol. The van der Waals surface area contributed by atoms with Crippen LogP contribution in [-0.2, 0) is 7.05 Å². The van der Waals surface area contributed by atoms with Crippen LogP contribution in [-0.4, -0.2) is 42.8 Å². The average Bonchev–Trinajstić information content (AvgIpc) is 3.18. The third kappa shape index (κ3) is 2.78. The summed E-state index contributed by atoms with van der Waals surface area (Å²) in [7, 11) is 1.94. The van der Waals surface area contributed by atoms with Crippen molar-refractivity contribution >= 4 is 23.2 Å². The maximum Gasteiger partial charge on any atom is 0.277 e. The number of imidazole rings is 2. The number of piperidine rings is 1. The van der Waals surface area contributed by atoms with Gasteiger partial charge in [-0.05, 0) is 25.0 Å². The van der Waals surface area contributed by atoms with Crippen LogP contribution in [0.1, 0.15) is 35.1 Å². The van der Waals surface area contributed by atoms with Crippen molar-refractivity contribution in [1.82, 2.24) is 23.8 Å². The first-order valence-electron chi connectivity index (χ1n) is 8.14. The number of amides is 1. The Morgan fingerprint density at radius 2 is 2.24 bits per heavy atom. The van der Waals surface area contributed by atoms with Crippen LogP contribution < -0.4 is 0 Å². The first kappa shape index (κ1) is 16.1. The Hall–Kier alpha value is -2.41. The molecule has 1 aliphatic rings. The number of fused-ring (bicyclic) bond motifs is 1. The van der Waals surface area contributed by atoms with Crippen molar-refractivity contribution in [2.75, 3.05) is 13.1 Å². The number of hydrogen-bond acceptors (Lipinski definition) is 3. The third-order valence-corrected chi connectivity index (χ3v) is 4.88. The lowest BCUT2D eigenvalue weighted by atomic mass is 9.97. The van der Waals surface area contributed by atoms with Crippen molar-refractivity contribution in [2.45, 2.75) is 18.8 Å². The lowest BCUT2D eigenvalue weighted by Crippen LogP contribution is -2.40. The Kier molecular flexibility index (Phi) is 3.95. The number of hydrogen-bond donors (Lipinski definition) is 0. The fraction of sp³-hybridized carbons (Fsp3) is 0.353. The molecule has 1 fully saturated rings. The molecule has 1 atom stereocenters. The van der Waals surface area contributed by atoms with E-state index in [0.29, 0.717) is 23.8 Å². The lowest BCUT2D eigenvalue weighted by molar-refractivity contribution is 0.0693. The Morgan fingerprint density at radius 3 is 3.00 bits per heavy atom. The fourth-order valence-corrected chi connectivity index (χ4v) is 3.58. The van der Waals surface area contributed by atoms with E-state index in [0.717, 1.165) is 18.7 Å². The van der Waals surface area contributed by atoms with Crippen LogP contribution in [0.2, 0.25) is 5.02 Å². The van der Waals surface area contributed by atoms with Crippen LogP contribution >= 0.6 is 11.6 Å². The highest BCUT2D eigenvalue weighted by Crippen LogP contribution is 2.27. The van der Waals surface area contributed by atoms with Gasteiger partial charge in [0.25, 0.3) is 5.91 Å². The zero-order valence-corrected chi connectivity index (χ0v) is 14.4. The van der Waals surface area contributed by atoms with Crippen molar-refractivity contribution in [1.29, 1.82) is 0 Å². The van der Waals surface area contributed by atoms with Gasteiger partial charge in [0, 0.05) is 44.6 Å². The van der Waals surface area contributed by atoms with Crippen LogP contribution in [0.25, 0.3) is 5.65 Å². The van der Waals surface area contributed by atoms with Gasteiger partial charge in [0.2, 0.25) is 5.95 Å². The van der Waals surface area contributed by atoms with Gasteiger partial charge in [0.15, 0.2) is 5.69 Å².